The van der Waals surface area contributed by atoms with Gasteiger partial charge in [0.1, 0.15) is 11.9 Å². The predicted octanol–water partition coefficient (Wildman–Crippen LogP) is 3.64. The second-order valence-corrected chi connectivity index (χ2v) is 7.29. The number of pyridine rings is 1. The highest BCUT2D eigenvalue weighted by Gasteiger charge is 2.22. The number of aliphatic imine (C=N–C) groups is 1. The topological polar surface area (TPSA) is 79.3 Å². The quantitative estimate of drug-likeness (QED) is 0.719. The molecule has 0 aliphatic carbocycles. The third-order valence-corrected chi connectivity index (χ3v) is 5.46. The number of piperazine rings is 1. The molecular weight excluding hydrogens is 372 g/mol. The van der Waals surface area contributed by atoms with E-state index in [1.807, 2.05) is 50.3 Å². The van der Waals surface area contributed by atoms with Crippen LogP contribution in [0.15, 0.2) is 47.6 Å². The standard InChI is InChI=1S/C24H26N6/c1-4-22(18(2)27-3)23-13-21(15-26)16-28-24(23)30-11-9-29(10-12-30)17-20-7-5-19(14-25)6-8-20/h4-8,13,16H,9-12,17H2,1-3H3/b22-4+,27-18?. The maximum absolute atomic E-state index is 9.34. The van der Waals surface area contributed by atoms with Gasteiger partial charge >= 0.3 is 0 Å². The van der Waals surface area contributed by atoms with E-state index in [9.17, 15) is 5.26 Å². The van der Waals surface area contributed by atoms with Gasteiger partial charge in [-0.3, -0.25) is 9.89 Å². The van der Waals surface area contributed by atoms with E-state index < -0.39 is 0 Å². The molecule has 2 aromatic rings. The van der Waals surface area contributed by atoms with Crippen molar-refractivity contribution >= 4 is 17.1 Å². The number of allylic oxidation sites excluding steroid dienone is 2. The largest absolute Gasteiger partial charge is 0.354 e. The van der Waals surface area contributed by atoms with Crippen molar-refractivity contribution in [1.29, 1.82) is 10.5 Å². The van der Waals surface area contributed by atoms with Crippen LogP contribution in [-0.4, -0.2) is 48.8 Å². The molecule has 1 aromatic heterocycles. The van der Waals surface area contributed by atoms with Gasteiger partial charge in [-0.2, -0.15) is 10.5 Å². The van der Waals surface area contributed by atoms with Crippen molar-refractivity contribution in [2.45, 2.75) is 20.4 Å². The molecule has 1 aliphatic rings. The van der Waals surface area contributed by atoms with Crippen molar-refractivity contribution in [3.8, 4) is 12.1 Å². The lowest BCUT2D eigenvalue weighted by atomic mass is 10.00. The average molecular weight is 399 g/mol. The monoisotopic (exact) mass is 398 g/mol. The van der Waals surface area contributed by atoms with E-state index in [1.165, 1.54) is 5.56 Å². The fraction of sp³-hybridized carbons (Fsp3) is 0.333. The smallest absolute Gasteiger partial charge is 0.136 e. The van der Waals surface area contributed by atoms with E-state index >= 15 is 0 Å². The van der Waals surface area contributed by atoms with Gasteiger partial charge in [-0.05, 0) is 37.6 Å². The first-order valence-electron chi connectivity index (χ1n) is 10.1. The Bertz CT molecular complexity index is 1030. The first-order valence-corrected chi connectivity index (χ1v) is 10.1. The summed E-state index contributed by atoms with van der Waals surface area (Å²) in [5, 5.41) is 18.3. The molecule has 6 heteroatoms. The highest BCUT2D eigenvalue weighted by Crippen LogP contribution is 2.28. The molecule has 1 aliphatic heterocycles. The molecule has 152 valence electrons. The van der Waals surface area contributed by atoms with Crippen LogP contribution >= 0.6 is 0 Å². The van der Waals surface area contributed by atoms with Crippen molar-refractivity contribution in [3.63, 3.8) is 0 Å². The number of benzene rings is 1. The van der Waals surface area contributed by atoms with Crippen LogP contribution in [0.3, 0.4) is 0 Å². The number of anilines is 1. The Labute approximate surface area is 178 Å². The van der Waals surface area contributed by atoms with Gasteiger partial charge in [-0.25, -0.2) is 4.98 Å². The van der Waals surface area contributed by atoms with Crippen LogP contribution in [-0.2, 0) is 6.54 Å². The van der Waals surface area contributed by atoms with Crippen LogP contribution in [0.25, 0.3) is 5.57 Å². The highest BCUT2D eigenvalue weighted by molar-refractivity contribution is 6.23. The van der Waals surface area contributed by atoms with E-state index in [1.54, 1.807) is 13.2 Å². The molecule has 0 amide bonds. The Balaban J connectivity index is 1.76. The number of rotatable bonds is 5. The maximum Gasteiger partial charge on any atom is 0.136 e. The molecule has 0 bridgehead atoms. The van der Waals surface area contributed by atoms with Gasteiger partial charge in [0, 0.05) is 62.8 Å². The first-order chi connectivity index (χ1) is 14.6. The van der Waals surface area contributed by atoms with Crippen molar-refractivity contribution in [2.24, 2.45) is 4.99 Å². The number of hydrogen-bond donors (Lipinski definition) is 0. The number of nitriles is 2. The van der Waals surface area contributed by atoms with Crippen molar-refractivity contribution < 1.29 is 0 Å². The Morgan fingerprint density at radius 2 is 1.77 bits per heavy atom. The molecule has 1 fully saturated rings. The zero-order chi connectivity index (χ0) is 21.5. The van der Waals surface area contributed by atoms with Crippen LogP contribution in [0.5, 0.6) is 0 Å². The first kappa shape index (κ1) is 21.2. The van der Waals surface area contributed by atoms with E-state index in [-0.39, 0.29) is 0 Å². The Kier molecular flexibility index (Phi) is 6.95. The summed E-state index contributed by atoms with van der Waals surface area (Å²) < 4.78 is 0. The summed E-state index contributed by atoms with van der Waals surface area (Å²) in [6, 6.07) is 14.1. The van der Waals surface area contributed by atoms with E-state index in [4.69, 9.17) is 5.26 Å². The molecule has 0 radical (unpaired) electrons. The lowest BCUT2D eigenvalue weighted by molar-refractivity contribution is 0.249. The third kappa shape index (κ3) is 4.74. The minimum atomic E-state index is 0.552. The van der Waals surface area contributed by atoms with Gasteiger partial charge in [0.25, 0.3) is 0 Å². The molecule has 0 saturated carbocycles. The Hall–Kier alpha value is -3.48. The van der Waals surface area contributed by atoms with Gasteiger partial charge in [0.2, 0.25) is 0 Å². The number of hydrogen-bond acceptors (Lipinski definition) is 6. The van der Waals surface area contributed by atoms with E-state index in [0.717, 1.165) is 55.4 Å². The van der Waals surface area contributed by atoms with Gasteiger partial charge < -0.3 is 4.90 Å². The lowest BCUT2D eigenvalue weighted by Gasteiger charge is -2.36. The minimum absolute atomic E-state index is 0.552. The molecule has 1 aromatic carbocycles. The molecular formula is C24H26N6. The molecule has 2 heterocycles. The van der Waals surface area contributed by atoms with Crippen molar-refractivity contribution in [3.05, 3.63) is 64.9 Å². The van der Waals surface area contributed by atoms with Crippen LogP contribution in [0, 0.1) is 22.7 Å². The SMILES string of the molecule is C/C=C(\C(C)=NC)c1cc(C#N)cnc1N1CCN(Cc2ccc(C#N)cc2)CC1. The average Bonchev–Trinajstić information content (AvgIpc) is 2.80. The third-order valence-electron chi connectivity index (χ3n) is 5.46. The highest BCUT2D eigenvalue weighted by atomic mass is 15.3. The molecule has 0 atom stereocenters. The zero-order valence-electron chi connectivity index (χ0n) is 17.8. The Morgan fingerprint density at radius 1 is 1.10 bits per heavy atom. The second kappa shape index (κ2) is 9.82. The number of aromatic nitrogens is 1. The molecule has 0 N–H and O–H groups in total. The molecule has 0 unspecified atom stereocenters. The molecule has 30 heavy (non-hydrogen) atoms. The van der Waals surface area contributed by atoms with Crippen molar-refractivity contribution in [1.82, 2.24) is 9.88 Å². The van der Waals surface area contributed by atoms with Crippen LogP contribution in [0.4, 0.5) is 5.82 Å². The van der Waals surface area contributed by atoms with Gasteiger partial charge in [0.15, 0.2) is 0 Å². The summed E-state index contributed by atoms with van der Waals surface area (Å²) in [5.74, 6) is 0.906. The van der Waals surface area contributed by atoms with Gasteiger partial charge in [-0.15, -0.1) is 0 Å². The van der Waals surface area contributed by atoms with Crippen LogP contribution in [0.1, 0.15) is 36.1 Å². The fourth-order valence-electron chi connectivity index (χ4n) is 3.71. The fourth-order valence-corrected chi connectivity index (χ4v) is 3.71. The molecule has 0 spiro atoms. The van der Waals surface area contributed by atoms with Crippen LogP contribution < -0.4 is 4.90 Å². The summed E-state index contributed by atoms with van der Waals surface area (Å²) in [7, 11) is 1.78. The number of nitrogens with zero attached hydrogens (tertiary/aromatic N) is 6. The van der Waals surface area contributed by atoms with Crippen molar-refractivity contribution in [2.75, 3.05) is 38.1 Å². The summed E-state index contributed by atoms with van der Waals surface area (Å²) in [6.07, 6.45) is 3.68. The van der Waals surface area contributed by atoms with Crippen LogP contribution in [0.2, 0.25) is 0 Å². The summed E-state index contributed by atoms with van der Waals surface area (Å²) in [6.45, 7) is 8.41. The second-order valence-electron chi connectivity index (χ2n) is 7.29. The Morgan fingerprint density at radius 3 is 2.33 bits per heavy atom. The summed E-state index contributed by atoms with van der Waals surface area (Å²) in [5.41, 5.74) is 5.35. The molecule has 6 nitrogen and oxygen atoms in total. The minimum Gasteiger partial charge on any atom is -0.354 e. The zero-order valence-corrected chi connectivity index (χ0v) is 17.8. The predicted molar refractivity (Wildman–Crippen MR) is 120 cm³/mol. The van der Waals surface area contributed by atoms with Gasteiger partial charge in [-0.1, -0.05) is 18.2 Å². The molecule has 3 rings (SSSR count). The lowest BCUT2D eigenvalue weighted by Crippen LogP contribution is -2.46. The summed E-state index contributed by atoms with van der Waals surface area (Å²) >= 11 is 0. The maximum atomic E-state index is 9.34. The molecule has 1 saturated heterocycles. The normalized spacial score (nSPS) is 15.6. The van der Waals surface area contributed by atoms with E-state index in [2.05, 4.69) is 31.9 Å². The summed E-state index contributed by atoms with van der Waals surface area (Å²) in [4.78, 5) is 13.7. The van der Waals surface area contributed by atoms with E-state index in [0.29, 0.717) is 11.1 Å². The van der Waals surface area contributed by atoms with Gasteiger partial charge in [0.05, 0.1) is 17.2 Å².